The van der Waals surface area contributed by atoms with Crippen LogP contribution in [0.3, 0.4) is 0 Å². The van der Waals surface area contributed by atoms with Gasteiger partial charge in [0, 0.05) is 18.1 Å². The maximum atomic E-state index is 11.9. The molecule has 2 N–H and O–H groups in total. The quantitative estimate of drug-likeness (QED) is 0.383. The van der Waals surface area contributed by atoms with Crippen LogP contribution in [0.5, 0.6) is 0 Å². The van der Waals surface area contributed by atoms with E-state index in [0.29, 0.717) is 11.4 Å². The summed E-state index contributed by atoms with van der Waals surface area (Å²) < 4.78 is 4.73. The number of anilines is 4. The molecule has 0 aliphatic carbocycles. The highest BCUT2D eigenvalue weighted by Crippen LogP contribution is 2.33. The lowest BCUT2D eigenvalue weighted by Gasteiger charge is -2.12. The van der Waals surface area contributed by atoms with Gasteiger partial charge in [0.1, 0.15) is 6.33 Å². The summed E-state index contributed by atoms with van der Waals surface area (Å²) in [6, 6.07) is 9.75. The third kappa shape index (κ3) is 3.95. The molecule has 0 fully saturated rings. The van der Waals surface area contributed by atoms with Crippen molar-refractivity contribution in [3.8, 4) is 0 Å². The van der Waals surface area contributed by atoms with E-state index in [4.69, 9.17) is 4.74 Å². The van der Waals surface area contributed by atoms with E-state index in [1.165, 1.54) is 19.5 Å². The number of methoxy groups -OCH3 is 1. The summed E-state index contributed by atoms with van der Waals surface area (Å²) in [5.74, 6) is -0.646. The zero-order valence-corrected chi connectivity index (χ0v) is 14.1. The van der Waals surface area contributed by atoms with E-state index >= 15 is 0 Å². The lowest BCUT2D eigenvalue weighted by atomic mass is 10.2. The normalized spacial score (nSPS) is 10.1. The Morgan fingerprint density at radius 1 is 1.07 bits per heavy atom. The number of hydrogen-bond donors (Lipinski definition) is 2. The minimum Gasteiger partial charge on any atom is -0.465 e. The molecule has 0 unspecified atom stereocenters. The van der Waals surface area contributed by atoms with Crippen LogP contribution >= 0.6 is 0 Å². The Balaban J connectivity index is 2.01. The van der Waals surface area contributed by atoms with Crippen molar-refractivity contribution in [3.63, 3.8) is 0 Å². The fourth-order valence-corrected chi connectivity index (χ4v) is 2.31. The molecule has 0 aliphatic heterocycles. The number of nitrogens with zero attached hydrogens (tertiary/aromatic N) is 4. The second kappa shape index (κ2) is 7.87. The van der Waals surface area contributed by atoms with Gasteiger partial charge < -0.3 is 15.4 Å². The minimum absolute atomic E-state index is 0.000695. The molecule has 0 amide bonds. The maximum Gasteiger partial charge on any atom is 0.353 e. The van der Waals surface area contributed by atoms with Gasteiger partial charge in [-0.2, -0.15) is 0 Å². The zero-order valence-electron chi connectivity index (χ0n) is 14.1. The summed E-state index contributed by atoms with van der Waals surface area (Å²) in [4.78, 5) is 34.7. The van der Waals surface area contributed by atoms with E-state index in [1.54, 1.807) is 42.7 Å². The van der Waals surface area contributed by atoms with E-state index < -0.39 is 10.9 Å². The van der Waals surface area contributed by atoms with E-state index in [2.05, 4.69) is 25.6 Å². The molecule has 0 spiro atoms. The zero-order chi connectivity index (χ0) is 19.2. The lowest BCUT2D eigenvalue weighted by Crippen LogP contribution is -2.09. The van der Waals surface area contributed by atoms with Crippen LogP contribution in [0.2, 0.25) is 0 Å². The van der Waals surface area contributed by atoms with Gasteiger partial charge in [0.15, 0.2) is 0 Å². The molecule has 0 atom stereocenters. The molecular weight excluding hydrogens is 352 g/mol. The highest BCUT2D eigenvalue weighted by molar-refractivity contribution is 5.96. The lowest BCUT2D eigenvalue weighted by molar-refractivity contribution is -0.383. The highest BCUT2D eigenvalue weighted by Gasteiger charge is 2.24. The molecule has 0 aliphatic rings. The topological polar surface area (TPSA) is 132 Å². The molecule has 0 radical (unpaired) electrons. The summed E-state index contributed by atoms with van der Waals surface area (Å²) in [6.45, 7) is 0. The van der Waals surface area contributed by atoms with Crippen molar-refractivity contribution in [2.24, 2.45) is 0 Å². The van der Waals surface area contributed by atoms with Crippen molar-refractivity contribution in [2.75, 3.05) is 17.7 Å². The van der Waals surface area contributed by atoms with Crippen LogP contribution in [0.1, 0.15) is 10.4 Å². The third-order valence-electron chi connectivity index (χ3n) is 3.53. The number of aromatic nitrogens is 3. The van der Waals surface area contributed by atoms with Crippen molar-refractivity contribution in [1.29, 1.82) is 0 Å². The van der Waals surface area contributed by atoms with Gasteiger partial charge in [-0.25, -0.2) is 14.8 Å². The Morgan fingerprint density at radius 2 is 1.74 bits per heavy atom. The molecule has 0 saturated carbocycles. The fraction of sp³-hybridized carbons (Fsp3) is 0.0588. The van der Waals surface area contributed by atoms with E-state index in [0.717, 1.165) is 0 Å². The molecule has 0 bridgehead atoms. The standard InChI is InChI=1S/C17H14N6O4/c1-27-17(24)12-4-2-3-5-13(12)22-16-14(23(25)26)15(19-10-20-16)21-11-6-8-18-9-7-11/h2-10H,1H3,(H2,18,19,20,21,22). The Kier molecular flexibility index (Phi) is 5.17. The van der Waals surface area contributed by atoms with Gasteiger partial charge in [-0.15, -0.1) is 0 Å². The van der Waals surface area contributed by atoms with Crippen molar-refractivity contribution in [3.05, 3.63) is 70.8 Å². The van der Waals surface area contributed by atoms with Gasteiger partial charge in [-0.3, -0.25) is 15.1 Å². The monoisotopic (exact) mass is 366 g/mol. The largest absolute Gasteiger partial charge is 0.465 e. The fourth-order valence-electron chi connectivity index (χ4n) is 2.31. The summed E-state index contributed by atoms with van der Waals surface area (Å²) in [5.41, 5.74) is 0.749. The first kappa shape index (κ1) is 17.7. The first-order chi connectivity index (χ1) is 13.1. The number of nitrogens with one attached hydrogen (secondary N) is 2. The van der Waals surface area contributed by atoms with Crippen LogP contribution in [0.4, 0.5) is 28.7 Å². The first-order valence-corrected chi connectivity index (χ1v) is 7.71. The van der Waals surface area contributed by atoms with Crippen molar-refractivity contribution < 1.29 is 14.5 Å². The highest BCUT2D eigenvalue weighted by atomic mass is 16.6. The molecule has 0 saturated heterocycles. The van der Waals surface area contributed by atoms with E-state index in [9.17, 15) is 14.9 Å². The van der Waals surface area contributed by atoms with Crippen molar-refractivity contribution in [2.45, 2.75) is 0 Å². The SMILES string of the molecule is COC(=O)c1ccccc1Nc1ncnc(Nc2ccncc2)c1[N+](=O)[O-]. The maximum absolute atomic E-state index is 11.9. The second-order valence-corrected chi connectivity index (χ2v) is 5.20. The van der Waals surface area contributed by atoms with Gasteiger partial charge >= 0.3 is 11.7 Å². The van der Waals surface area contributed by atoms with Crippen LogP contribution in [0, 0.1) is 10.1 Å². The summed E-state index contributed by atoms with van der Waals surface area (Å²) in [7, 11) is 1.25. The summed E-state index contributed by atoms with van der Waals surface area (Å²) in [6.07, 6.45) is 4.27. The Hall–Kier alpha value is -4.08. The molecule has 2 heterocycles. The Bertz CT molecular complexity index is 980. The average molecular weight is 366 g/mol. The van der Waals surface area contributed by atoms with Crippen LogP contribution in [-0.2, 0) is 4.74 Å². The van der Waals surface area contributed by atoms with Gasteiger partial charge in [-0.1, -0.05) is 12.1 Å². The van der Waals surface area contributed by atoms with E-state index in [1.807, 2.05) is 0 Å². The molecule has 10 nitrogen and oxygen atoms in total. The number of para-hydroxylation sites is 1. The Morgan fingerprint density at radius 3 is 2.41 bits per heavy atom. The second-order valence-electron chi connectivity index (χ2n) is 5.20. The molecule has 3 aromatic rings. The third-order valence-corrected chi connectivity index (χ3v) is 3.53. The summed E-state index contributed by atoms with van der Waals surface area (Å²) >= 11 is 0. The van der Waals surface area contributed by atoms with Gasteiger partial charge in [0.05, 0.1) is 23.3 Å². The number of rotatable bonds is 6. The van der Waals surface area contributed by atoms with Crippen LogP contribution < -0.4 is 10.6 Å². The number of carbonyl (C=O) groups is 1. The molecule has 1 aromatic carbocycles. The smallest absolute Gasteiger partial charge is 0.353 e. The minimum atomic E-state index is -0.605. The predicted molar refractivity (Wildman–Crippen MR) is 97.3 cm³/mol. The average Bonchev–Trinajstić information content (AvgIpc) is 2.68. The van der Waals surface area contributed by atoms with Crippen molar-refractivity contribution in [1.82, 2.24) is 15.0 Å². The molecular formula is C17H14N6O4. The number of esters is 1. The summed E-state index contributed by atoms with van der Waals surface area (Å²) in [5, 5.41) is 17.3. The number of benzene rings is 1. The Labute approximate surface area is 153 Å². The number of carbonyl (C=O) groups excluding carboxylic acids is 1. The van der Waals surface area contributed by atoms with Gasteiger partial charge in [0.25, 0.3) is 0 Å². The molecule has 3 rings (SSSR count). The van der Waals surface area contributed by atoms with Crippen LogP contribution in [0.25, 0.3) is 0 Å². The molecule has 2 aromatic heterocycles. The molecule has 10 heteroatoms. The van der Waals surface area contributed by atoms with E-state index in [-0.39, 0.29) is 22.9 Å². The van der Waals surface area contributed by atoms with Crippen LogP contribution in [-0.4, -0.2) is 33.0 Å². The number of nitro groups is 1. The van der Waals surface area contributed by atoms with Gasteiger partial charge in [0.2, 0.25) is 11.6 Å². The predicted octanol–water partition coefficient (Wildman–Crippen LogP) is 3.05. The first-order valence-electron chi connectivity index (χ1n) is 7.71. The van der Waals surface area contributed by atoms with Crippen LogP contribution in [0.15, 0.2) is 55.1 Å². The number of pyridine rings is 1. The van der Waals surface area contributed by atoms with Gasteiger partial charge in [-0.05, 0) is 24.3 Å². The molecule has 136 valence electrons. The molecule has 27 heavy (non-hydrogen) atoms. The van der Waals surface area contributed by atoms with Crippen molar-refractivity contribution >= 4 is 34.7 Å². The number of ether oxygens (including phenoxy) is 1. The number of hydrogen-bond acceptors (Lipinski definition) is 9.